The third-order valence-electron chi connectivity index (χ3n) is 8.88. The lowest BCUT2D eigenvalue weighted by Gasteiger charge is -2.30. The largest absolute Gasteiger partial charge is 0.464 e. The number of thiophene rings is 1. The number of aromatic nitrogens is 2. The Morgan fingerprint density at radius 3 is 2.73 bits per heavy atom. The van der Waals surface area contributed by atoms with Gasteiger partial charge in [0.05, 0.1) is 30.1 Å². The lowest BCUT2D eigenvalue weighted by Crippen LogP contribution is -2.56. The molecule has 3 amide bonds. The standard InChI is InChI=1S/C33H42N8O7S/c1-5-47-30(45)33-16-21(33)11-9-7-6-8-10-12-23(36-31(46)48-32(2,3)4)28(43)40-18-22(15-25(40)27(42)37-33)41-29(44)26(20-13-14-49-19-20)24(17-35-41)38-39-34/h9,11,13-14,17,19,21-23,25H,5-8,10,12,15-16,18H2,1-4H3,(H,36,46)(H,37,42)/b11-9-/t21-,22-,23+,25+,33-/m1/s1. The number of rotatable bonds is 6. The maximum atomic E-state index is 14.4. The number of carbonyl (C=O) groups excluding carboxylic acids is 4. The predicted octanol–water partition coefficient (Wildman–Crippen LogP) is 4.91. The molecule has 1 saturated heterocycles. The van der Waals surface area contributed by atoms with Crippen LogP contribution in [-0.2, 0) is 23.9 Å². The van der Waals surface area contributed by atoms with Gasteiger partial charge in [0.15, 0.2) is 0 Å². The molecule has 2 aromatic rings. The Morgan fingerprint density at radius 1 is 1.24 bits per heavy atom. The molecule has 2 aliphatic heterocycles. The molecule has 15 nitrogen and oxygen atoms in total. The van der Waals surface area contributed by atoms with Crippen molar-refractivity contribution in [1.29, 1.82) is 0 Å². The number of azide groups is 1. The van der Waals surface area contributed by atoms with Crippen LogP contribution < -0.4 is 16.2 Å². The number of esters is 1. The summed E-state index contributed by atoms with van der Waals surface area (Å²) >= 11 is 1.36. The molecule has 5 atom stereocenters. The summed E-state index contributed by atoms with van der Waals surface area (Å²) in [4.78, 5) is 72.8. The van der Waals surface area contributed by atoms with Gasteiger partial charge in [-0.2, -0.15) is 16.4 Å². The minimum atomic E-state index is -1.27. The topological polar surface area (TPSA) is 198 Å². The van der Waals surface area contributed by atoms with Crippen molar-refractivity contribution >= 4 is 40.9 Å². The summed E-state index contributed by atoms with van der Waals surface area (Å²) in [5.74, 6) is -1.92. The summed E-state index contributed by atoms with van der Waals surface area (Å²) < 4.78 is 12.0. The maximum Gasteiger partial charge on any atom is 0.408 e. The molecule has 5 rings (SSSR count). The van der Waals surface area contributed by atoms with E-state index in [0.717, 1.165) is 19.3 Å². The first kappa shape index (κ1) is 35.6. The van der Waals surface area contributed by atoms with Crippen LogP contribution in [0, 0.1) is 5.92 Å². The van der Waals surface area contributed by atoms with Gasteiger partial charge in [-0.3, -0.25) is 14.4 Å². The summed E-state index contributed by atoms with van der Waals surface area (Å²) in [5, 5.41) is 17.1. The minimum Gasteiger partial charge on any atom is -0.464 e. The number of ether oxygens (including phenoxy) is 2. The number of hydrogen-bond acceptors (Lipinski definition) is 10. The fourth-order valence-corrected chi connectivity index (χ4v) is 7.12. The van der Waals surface area contributed by atoms with Crippen molar-refractivity contribution in [3.63, 3.8) is 0 Å². The third kappa shape index (κ3) is 7.97. The van der Waals surface area contributed by atoms with Crippen molar-refractivity contribution < 1.29 is 28.7 Å². The van der Waals surface area contributed by atoms with Gasteiger partial charge in [-0.05, 0) is 81.3 Å². The molecule has 2 fully saturated rings. The Kier molecular flexibility index (Phi) is 10.8. The van der Waals surface area contributed by atoms with E-state index >= 15 is 0 Å². The van der Waals surface area contributed by atoms with Crippen LogP contribution in [0.2, 0.25) is 0 Å². The van der Waals surface area contributed by atoms with Gasteiger partial charge in [-0.1, -0.05) is 30.1 Å². The molecule has 0 radical (unpaired) electrons. The van der Waals surface area contributed by atoms with Gasteiger partial charge in [-0.25, -0.2) is 14.3 Å². The summed E-state index contributed by atoms with van der Waals surface area (Å²) in [6, 6.07) is -1.17. The molecule has 4 heterocycles. The second kappa shape index (κ2) is 14.8. The molecule has 0 unspecified atom stereocenters. The number of hydrogen-bond donors (Lipinski definition) is 2. The number of carbonyl (C=O) groups is 4. The van der Waals surface area contributed by atoms with Crippen molar-refractivity contribution in [2.75, 3.05) is 13.2 Å². The summed E-state index contributed by atoms with van der Waals surface area (Å²) in [6.45, 7) is 6.89. The zero-order valence-corrected chi connectivity index (χ0v) is 28.9. The molecule has 2 N–H and O–H groups in total. The van der Waals surface area contributed by atoms with Crippen molar-refractivity contribution in [1.82, 2.24) is 25.3 Å². The number of nitrogens with one attached hydrogen (secondary N) is 2. The Morgan fingerprint density at radius 2 is 2.04 bits per heavy atom. The lowest BCUT2D eigenvalue weighted by atomic mass is 10.0. The van der Waals surface area contributed by atoms with E-state index in [4.69, 9.17) is 15.0 Å². The first-order valence-corrected chi connectivity index (χ1v) is 17.5. The molecule has 1 aliphatic carbocycles. The molecule has 0 spiro atoms. The van der Waals surface area contributed by atoms with Gasteiger partial charge in [-0.15, -0.1) is 0 Å². The molecular weight excluding hydrogens is 652 g/mol. The Labute approximate surface area is 287 Å². The van der Waals surface area contributed by atoms with Gasteiger partial charge < -0.3 is 25.0 Å². The number of nitrogens with zero attached hydrogens (tertiary/aromatic N) is 6. The van der Waals surface area contributed by atoms with E-state index in [1.165, 1.54) is 27.1 Å². The van der Waals surface area contributed by atoms with E-state index in [2.05, 4.69) is 25.8 Å². The van der Waals surface area contributed by atoms with Gasteiger partial charge in [0.25, 0.3) is 5.56 Å². The van der Waals surface area contributed by atoms with Crippen LogP contribution in [-0.4, -0.2) is 74.9 Å². The second-order valence-electron chi connectivity index (χ2n) is 13.5. The van der Waals surface area contributed by atoms with Crippen LogP contribution >= 0.6 is 11.3 Å². The Bertz CT molecular complexity index is 1710. The molecule has 0 aromatic carbocycles. The first-order chi connectivity index (χ1) is 23.4. The van der Waals surface area contributed by atoms with Gasteiger partial charge >= 0.3 is 12.1 Å². The van der Waals surface area contributed by atoms with Crippen LogP contribution in [0.3, 0.4) is 0 Å². The van der Waals surface area contributed by atoms with E-state index in [1.54, 1.807) is 44.5 Å². The number of alkyl carbamates (subject to hydrolysis) is 1. The zero-order valence-electron chi connectivity index (χ0n) is 28.1. The average Bonchev–Trinajstić information content (AvgIpc) is 3.35. The quantitative estimate of drug-likeness (QED) is 0.140. The monoisotopic (exact) mass is 694 g/mol. The van der Waals surface area contributed by atoms with E-state index < -0.39 is 58.7 Å². The summed E-state index contributed by atoms with van der Waals surface area (Å²) in [7, 11) is 0. The number of allylic oxidation sites excluding steroid dienone is 1. The van der Waals surface area contributed by atoms with E-state index in [-0.39, 0.29) is 36.7 Å². The molecule has 0 bridgehead atoms. The SMILES string of the molecule is CCOC(=O)[C@@]12C[C@H]1/C=C\CCCCC[C@H](NC(=O)OC(C)(C)C)C(=O)N1C[C@H](n3ncc(N=[N+]=[N-])c(-c4ccsc4)c3=O)C[C@H]1C(=O)N2. The van der Waals surface area contributed by atoms with Crippen LogP contribution in [0.25, 0.3) is 21.6 Å². The minimum absolute atomic E-state index is 0.00695. The lowest BCUT2D eigenvalue weighted by molar-refractivity contribution is -0.150. The van der Waals surface area contributed by atoms with Crippen molar-refractivity contribution in [2.45, 2.75) is 102 Å². The van der Waals surface area contributed by atoms with Crippen LogP contribution in [0.15, 0.2) is 45.1 Å². The van der Waals surface area contributed by atoms with E-state index in [0.29, 0.717) is 24.8 Å². The summed E-state index contributed by atoms with van der Waals surface area (Å²) in [5.41, 5.74) is 7.23. The molecule has 16 heteroatoms. The number of amides is 3. The smallest absolute Gasteiger partial charge is 0.408 e. The maximum absolute atomic E-state index is 14.4. The van der Waals surface area contributed by atoms with Gasteiger partial charge in [0, 0.05) is 23.8 Å². The highest BCUT2D eigenvalue weighted by Gasteiger charge is 2.62. The molecular formula is C33H42N8O7S. The highest BCUT2D eigenvalue weighted by molar-refractivity contribution is 7.08. The number of fused-ring (bicyclic) bond motifs is 2. The van der Waals surface area contributed by atoms with Crippen LogP contribution in [0.1, 0.15) is 78.7 Å². The summed E-state index contributed by atoms with van der Waals surface area (Å²) in [6.07, 6.45) is 8.09. The highest BCUT2D eigenvalue weighted by Crippen LogP contribution is 2.46. The third-order valence-corrected chi connectivity index (χ3v) is 9.56. The first-order valence-electron chi connectivity index (χ1n) is 16.5. The van der Waals surface area contributed by atoms with E-state index in [9.17, 15) is 24.0 Å². The second-order valence-corrected chi connectivity index (χ2v) is 14.3. The predicted molar refractivity (Wildman–Crippen MR) is 181 cm³/mol. The Balaban J connectivity index is 1.54. The average molecular weight is 695 g/mol. The fraction of sp³-hybridized carbons (Fsp3) is 0.576. The molecule has 3 aliphatic rings. The Hall–Kier alpha value is -4.69. The van der Waals surface area contributed by atoms with Gasteiger partial charge in [0.2, 0.25) is 11.8 Å². The highest BCUT2D eigenvalue weighted by atomic mass is 32.1. The fourth-order valence-electron chi connectivity index (χ4n) is 6.47. The zero-order chi connectivity index (χ0) is 35.3. The van der Waals surface area contributed by atoms with Crippen molar-refractivity contribution in [3.05, 3.63) is 56.0 Å². The van der Waals surface area contributed by atoms with E-state index in [1.807, 2.05) is 12.2 Å². The van der Waals surface area contributed by atoms with Crippen LogP contribution in [0.5, 0.6) is 0 Å². The van der Waals surface area contributed by atoms with Gasteiger partial charge in [0.1, 0.15) is 23.2 Å². The van der Waals surface area contributed by atoms with Crippen LogP contribution in [0.4, 0.5) is 10.5 Å². The van der Waals surface area contributed by atoms with Crippen molar-refractivity contribution in [3.8, 4) is 11.1 Å². The molecule has 1 saturated carbocycles. The molecule has 2 aromatic heterocycles. The molecule has 262 valence electrons. The normalized spacial score (nSPS) is 26.5. The molecule has 49 heavy (non-hydrogen) atoms. The van der Waals surface area contributed by atoms with Crippen molar-refractivity contribution in [2.24, 2.45) is 11.0 Å².